The quantitative estimate of drug-likeness (QED) is 0.0714. The molecule has 2 atom stereocenters. The number of benzene rings is 4. The number of fused-ring (bicyclic) bond motifs is 2. The Morgan fingerprint density at radius 3 is 1.75 bits per heavy atom. The highest BCUT2D eigenvalue weighted by molar-refractivity contribution is 6.74. The summed E-state index contributed by atoms with van der Waals surface area (Å²) in [7, 11) is -0.649. The summed E-state index contributed by atoms with van der Waals surface area (Å²) in [6, 6.07) is 14.3. The van der Waals surface area contributed by atoms with Gasteiger partial charge in [0.1, 0.15) is 34.3 Å². The van der Waals surface area contributed by atoms with Crippen molar-refractivity contribution < 1.29 is 46.9 Å². The van der Waals surface area contributed by atoms with Gasteiger partial charge in [0.05, 0.1) is 60.1 Å². The Morgan fingerprint density at radius 1 is 0.750 bits per heavy atom. The number of carboxylic acid groups (broad SMARTS) is 1. The van der Waals surface area contributed by atoms with Crippen molar-refractivity contribution in [1.82, 2.24) is 9.13 Å². The second-order valence-electron chi connectivity index (χ2n) is 17.9. The van der Waals surface area contributed by atoms with Gasteiger partial charge in [0.15, 0.2) is 8.32 Å². The highest BCUT2D eigenvalue weighted by atomic mass is 35.5. The SMILES string of the molecule is CCOC(=O)c1cn([C@@H](CC)CO[Si](C)(C)C(C)(C)C)c2cc(F)c(Cc3cccc(Cl)c3F)cc2c1=O.CC[C@@H](CO)n1cc(C(=O)O)c(=O)c2cc(Cc3cccc(Cl)c3F)c(OC)cc21. The van der Waals surface area contributed by atoms with Crippen molar-refractivity contribution in [2.45, 2.75) is 97.4 Å². The van der Waals surface area contributed by atoms with Crippen LogP contribution >= 0.6 is 23.2 Å². The number of aliphatic hydroxyl groups is 1. The maximum Gasteiger partial charge on any atom is 0.343 e. The lowest BCUT2D eigenvalue weighted by Gasteiger charge is -2.37. The van der Waals surface area contributed by atoms with E-state index in [0.717, 1.165) is 0 Å². The van der Waals surface area contributed by atoms with E-state index in [1.807, 2.05) is 13.8 Å². The smallest absolute Gasteiger partial charge is 0.343 e. The van der Waals surface area contributed by atoms with Crippen LogP contribution in [0.2, 0.25) is 28.2 Å². The number of aromatic nitrogens is 2. The summed E-state index contributed by atoms with van der Waals surface area (Å²) in [5.41, 5.74) is 0.141. The molecule has 2 aromatic heterocycles. The number of halogens is 5. The lowest BCUT2D eigenvalue weighted by molar-refractivity contribution is 0.0523. The molecule has 0 amide bonds. The second kappa shape index (κ2) is 22.3. The Balaban J connectivity index is 0.000000261. The largest absolute Gasteiger partial charge is 0.496 e. The molecule has 2 N–H and O–H groups in total. The molecule has 68 heavy (non-hydrogen) atoms. The molecule has 0 saturated heterocycles. The molecule has 17 heteroatoms. The van der Waals surface area contributed by atoms with Gasteiger partial charge in [-0.1, -0.05) is 82.1 Å². The summed E-state index contributed by atoms with van der Waals surface area (Å²) in [5.74, 6) is -3.49. The van der Waals surface area contributed by atoms with Crippen molar-refractivity contribution in [3.8, 4) is 5.75 Å². The molecule has 0 saturated carbocycles. The molecule has 0 bridgehead atoms. The number of carbonyl (C=O) groups excluding carboxylic acids is 1. The Hall–Kier alpha value is -5.45. The van der Waals surface area contributed by atoms with Crippen LogP contribution in [0.3, 0.4) is 0 Å². The molecule has 0 aliphatic carbocycles. The van der Waals surface area contributed by atoms with E-state index in [2.05, 4.69) is 33.9 Å². The monoisotopic (exact) mass is 996 g/mol. The van der Waals surface area contributed by atoms with Crippen LogP contribution in [0, 0.1) is 17.5 Å². The number of aliphatic hydroxyl groups excluding tert-OH is 1. The van der Waals surface area contributed by atoms with E-state index in [9.17, 15) is 38.2 Å². The molecule has 0 aliphatic heterocycles. The fourth-order valence-electron chi connectivity index (χ4n) is 7.52. The number of ether oxygens (including phenoxy) is 2. The Labute approximate surface area is 404 Å². The van der Waals surface area contributed by atoms with Crippen molar-refractivity contribution in [3.05, 3.63) is 154 Å². The van der Waals surface area contributed by atoms with Gasteiger partial charge in [-0.05, 0) is 90.5 Å². The van der Waals surface area contributed by atoms with Crippen LogP contribution in [-0.2, 0) is 22.0 Å². The zero-order valence-electron chi connectivity index (χ0n) is 39.6. The molecule has 0 aliphatic rings. The lowest BCUT2D eigenvalue weighted by atomic mass is 9.99. The summed E-state index contributed by atoms with van der Waals surface area (Å²) in [6.07, 6.45) is 3.81. The van der Waals surface area contributed by atoms with E-state index in [0.29, 0.717) is 47.4 Å². The molecule has 6 rings (SSSR count). The third kappa shape index (κ3) is 11.5. The van der Waals surface area contributed by atoms with Gasteiger partial charge in [-0.15, -0.1) is 0 Å². The number of rotatable bonds is 16. The number of hydrogen-bond donors (Lipinski definition) is 2. The van der Waals surface area contributed by atoms with Crippen molar-refractivity contribution in [1.29, 1.82) is 0 Å². The Morgan fingerprint density at radius 2 is 1.25 bits per heavy atom. The van der Waals surface area contributed by atoms with E-state index >= 15 is 4.39 Å². The van der Waals surface area contributed by atoms with E-state index in [1.165, 1.54) is 55.9 Å². The number of aromatic carboxylic acids is 1. The third-order valence-corrected chi connectivity index (χ3v) is 17.7. The first-order valence-corrected chi connectivity index (χ1v) is 25.8. The van der Waals surface area contributed by atoms with Gasteiger partial charge in [0, 0.05) is 42.1 Å². The lowest BCUT2D eigenvalue weighted by Crippen LogP contribution is -2.42. The van der Waals surface area contributed by atoms with Crippen molar-refractivity contribution in [3.63, 3.8) is 0 Å². The van der Waals surface area contributed by atoms with Gasteiger partial charge >= 0.3 is 11.9 Å². The second-order valence-corrected chi connectivity index (χ2v) is 23.5. The molecule has 6 aromatic rings. The van der Waals surface area contributed by atoms with Crippen molar-refractivity contribution >= 4 is 65.3 Å². The van der Waals surface area contributed by atoms with E-state index in [1.54, 1.807) is 40.3 Å². The van der Waals surface area contributed by atoms with Crippen LogP contribution in [0.15, 0.2) is 82.6 Å². The minimum absolute atomic E-state index is 0.0103. The highest BCUT2D eigenvalue weighted by Gasteiger charge is 2.38. The van der Waals surface area contributed by atoms with Crippen LogP contribution in [0.5, 0.6) is 5.75 Å². The van der Waals surface area contributed by atoms with E-state index in [4.69, 9.17) is 37.1 Å². The zero-order chi connectivity index (χ0) is 50.4. The summed E-state index contributed by atoms with van der Waals surface area (Å²) < 4.78 is 64.8. The normalized spacial score (nSPS) is 12.7. The van der Waals surface area contributed by atoms with E-state index in [-0.39, 0.29) is 74.6 Å². The van der Waals surface area contributed by atoms with Crippen molar-refractivity contribution in [2.75, 3.05) is 26.9 Å². The topological polar surface area (TPSA) is 146 Å². The molecule has 0 unspecified atom stereocenters. The standard InChI is InChI=1S/C29H36ClF2NO4Si.C22H21ClFNO5/c1-8-20(17-37-38(6,7)29(3,4)5)33-16-22(28(35)36-9-2)27(34)21-14-19(24(31)15-25(21)33)13-18-11-10-12-23(30)26(18)32;1-3-14(11-26)25-10-16(22(28)29)21(27)15-8-13(19(30-2)9-18(15)25)7-12-5-4-6-17(23)20(12)24/h10-12,14-16,20H,8-9,13,17H2,1-7H3;4-6,8-10,14,26H,3,7,11H2,1-2H3,(H,28,29)/t20-;14-/m00/s1. The first-order valence-electron chi connectivity index (χ1n) is 22.2. The van der Waals surface area contributed by atoms with Crippen LogP contribution in [-0.4, -0.2) is 66.5 Å². The van der Waals surface area contributed by atoms with Gasteiger partial charge in [-0.3, -0.25) is 9.59 Å². The molecule has 0 fully saturated rings. The van der Waals surface area contributed by atoms with Gasteiger partial charge in [-0.25, -0.2) is 22.8 Å². The van der Waals surface area contributed by atoms with Gasteiger partial charge < -0.3 is 33.2 Å². The number of methoxy groups -OCH3 is 1. The molecule has 0 spiro atoms. The predicted octanol–water partition coefficient (Wildman–Crippen LogP) is 11.7. The maximum absolute atomic E-state index is 15.4. The molecule has 0 radical (unpaired) electrons. The maximum atomic E-state index is 15.4. The zero-order valence-corrected chi connectivity index (χ0v) is 42.1. The third-order valence-electron chi connectivity index (χ3n) is 12.6. The molecular formula is C51H57Cl2F3N2O9Si. The number of carbonyl (C=O) groups is 2. The summed E-state index contributed by atoms with van der Waals surface area (Å²) in [4.78, 5) is 50.7. The van der Waals surface area contributed by atoms with Crippen LogP contribution in [0.1, 0.15) is 109 Å². The first-order chi connectivity index (χ1) is 32.0. The van der Waals surface area contributed by atoms with Gasteiger partial charge in [0.2, 0.25) is 10.9 Å². The Kier molecular flexibility index (Phi) is 17.6. The van der Waals surface area contributed by atoms with Gasteiger partial charge in [0.25, 0.3) is 0 Å². The van der Waals surface area contributed by atoms with Crippen LogP contribution in [0.25, 0.3) is 21.8 Å². The molecule has 364 valence electrons. The number of nitrogens with zero attached hydrogens (tertiary/aromatic N) is 2. The fourth-order valence-corrected chi connectivity index (χ4v) is 8.95. The van der Waals surface area contributed by atoms with Crippen LogP contribution in [0.4, 0.5) is 13.2 Å². The molecule has 11 nitrogen and oxygen atoms in total. The number of esters is 1. The minimum Gasteiger partial charge on any atom is -0.496 e. The summed E-state index contributed by atoms with van der Waals surface area (Å²) in [5, 5.41) is 19.4. The van der Waals surface area contributed by atoms with E-state index < -0.39 is 60.2 Å². The fraction of sp³-hybridized carbons (Fsp3) is 0.373. The van der Waals surface area contributed by atoms with Gasteiger partial charge in [-0.2, -0.15) is 0 Å². The summed E-state index contributed by atoms with van der Waals surface area (Å²) >= 11 is 11.8. The average molecular weight is 998 g/mol. The predicted molar refractivity (Wildman–Crippen MR) is 263 cm³/mol. The average Bonchev–Trinajstić information content (AvgIpc) is 3.28. The number of hydrogen-bond acceptors (Lipinski definition) is 8. The van der Waals surface area contributed by atoms with Crippen LogP contribution < -0.4 is 15.6 Å². The van der Waals surface area contributed by atoms with Crippen molar-refractivity contribution in [2.24, 2.45) is 0 Å². The number of carboxylic acids is 1. The minimum atomic E-state index is -2.10. The number of pyridine rings is 2. The summed E-state index contributed by atoms with van der Waals surface area (Å²) in [6.45, 7) is 16.4. The molecular weight excluding hydrogens is 941 g/mol. The molecule has 2 heterocycles. The highest BCUT2D eigenvalue weighted by Crippen LogP contribution is 2.38. The Bertz CT molecular complexity index is 2970. The first kappa shape index (κ1) is 53.5. The molecule has 4 aromatic carbocycles.